The molecule has 0 amide bonds. The fourth-order valence-corrected chi connectivity index (χ4v) is 5.34. The zero-order chi connectivity index (χ0) is 25.3. The molecule has 0 aromatic heterocycles. The smallest absolute Gasteiger partial charge is 0.203 e. The van der Waals surface area contributed by atoms with Gasteiger partial charge in [-0.05, 0) is 54.0 Å². The molecule has 9 nitrogen and oxygen atoms in total. The number of hydrogen-bond donors (Lipinski definition) is 4. The Labute approximate surface area is 208 Å². The Morgan fingerprint density at radius 3 is 2.43 bits per heavy atom. The fraction of sp³-hybridized carbons (Fsp3) is 0.480. The maximum Gasteiger partial charge on any atom is 0.203 e. The van der Waals surface area contributed by atoms with E-state index in [0.717, 1.165) is 16.7 Å². The number of methoxy groups -OCH3 is 3. The van der Waals surface area contributed by atoms with E-state index in [-0.39, 0.29) is 5.43 Å². The van der Waals surface area contributed by atoms with Gasteiger partial charge in [-0.2, -0.15) is 0 Å². The van der Waals surface area contributed by atoms with E-state index in [1.807, 2.05) is 18.4 Å². The van der Waals surface area contributed by atoms with Gasteiger partial charge in [0.15, 0.2) is 16.9 Å². The molecular weight excluding hydrogens is 474 g/mol. The summed E-state index contributed by atoms with van der Waals surface area (Å²) in [6, 6.07) is 6.80. The minimum Gasteiger partial charge on any atom is -0.493 e. The number of ether oxygens (including phenoxy) is 4. The zero-order valence-electron chi connectivity index (χ0n) is 20.1. The van der Waals surface area contributed by atoms with Crippen molar-refractivity contribution in [2.45, 2.75) is 48.3 Å². The molecule has 1 aliphatic carbocycles. The van der Waals surface area contributed by atoms with Crippen molar-refractivity contribution in [2.24, 2.45) is 0 Å². The predicted octanol–water partition coefficient (Wildman–Crippen LogP) is 1.48. The molecule has 2 aromatic carbocycles. The molecule has 4 rings (SSSR count). The second kappa shape index (κ2) is 10.7. The summed E-state index contributed by atoms with van der Waals surface area (Å²) in [7, 11) is 4.67. The standard InChI is InChI=1S/C25H31NO8S/c1-31-17-9-12-5-7-15(26-25-22(30)21(29)18(11-27)34-25)14-10-16(28)19(35-4)8-6-13(14)20(12)24(33-3)23(17)32-2/h6,8-10,15,18,21-22,25-27,29-30H,5,7,11H2,1-4H3/t15-,18+,21-,22+,25?/m0/s1. The first-order chi connectivity index (χ1) is 16.9. The van der Waals surface area contributed by atoms with Gasteiger partial charge in [0.05, 0.1) is 32.8 Å². The summed E-state index contributed by atoms with van der Waals surface area (Å²) in [6.07, 6.45) is -1.28. The third-order valence-electron chi connectivity index (χ3n) is 6.63. The fourth-order valence-electron chi connectivity index (χ4n) is 4.88. The van der Waals surface area contributed by atoms with Crippen LogP contribution in [0.2, 0.25) is 0 Å². The number of nitrogens with one attached hydrogen (secondary N) is 1. The number of fused-ring (bicyclic) bond motifs is 3. The van der Waals surface area contributed by atoms with Crippen LogP contribution in [0.25, 0.3) is 11.1 Å². The Morgan fingerprint density at radius 1 is 1.09 bits per heavy atom. The van der Waals surface area contributed by atoms with Crippen LogP contribution in [0.1, 0.15) is 23.6 Å². The van der Waals surface area contributed by atoms with Gasteiger partial charge in [0.1, 0.15) is 24.5 Å². The summed E-state index contributed by atoms with van der Waals surface area (Å²) in [6.45, 7) is -0.420. The highest BCUT2D eigenvalue weighted by Crippen LogP contribution is 2.50. The first-order valence-corrected chi connectivity index (χ1v) is 12.5. The van der Waals surface area contributed by atoms with Gasteiger partial charge < -0.3 is 34.3 Å². The molecule has 1 heterocycles. The molecular formula is C25H31NO8S. The minimum absolute atomic E-state index is 0.130. The van der Waals surface area contributed by atoms with Crippen LogP contribution in [0.15, 0.2) is 34.0 Å². The maximum atomic E-state index is 13.0. The second-order valence-corrected chi connectivity index (χ2v) is 9.32. The van der Waals surface area contributed by atoms with Gasteiger partial charge in [-0.25, -0.2) is 0 Å². The topological polar surface area (TPSA) is 127 Å². The van der Waals surface area contributed by atoms with Crippen LogP contribution < -0.4 is 25.0 Å². The molecule has 5 atom stereocenters. The average molecular weight is 506 g/mol. The van der Waals surface area contributed by atoms with Crippen LogP contribution in [-0.2, 0) is 11.2 Å². The van der Waals surface area contributed by atoms with Crippen molar-refractivity contribution in [1.82, 2.24) is 5.32 Å². The van der Waals surface area contributed by atoms with Gasteiger partial charge in [-0.1, -0.05) is 6.07 Å². The van der Waals surface area contributed by atoms with Crippen molar-refractivity contribution in [1.29, 1.82) is 0 Å². The third-order valence-corrected chi connectivity index (χ3v) is 7.41. The van der Waals surface area contributed by atoms with Crippen LogP contribution in [-0.4, -0.2) is 74.1 Å². The monoisotopic (exact) mass is 505 g/mol. The van der Waals surface area contributed by atoms with Crippen LogP contribution in [0, 0.1) is 0 Å². The lowest BCUT2D eigenvalue weighted by atomic mass is 9.95. The van der Waals surface area contributed by atoms with Crippen molar-refractivity contribution in [3.05, 3.63) is 45.6 Å². The summed E-state index contributed by atoms with van der Waals surface area (Å²) in [5.74, 6) is 1.49. The summed E-state index contributed by atoms with van der Waals surface area (Å²) in [4.78, 5) is 13.6. The van der Waals surface area contributed by atoms with Crippen molar-refractivity contribution >= 4 is 11.8 Å². The number of hydrogen-bond acceptors (Lipinski definition) is 10. The molecule has 1 aliphatic heterocycles. The number of aliphatic hydroxyl groups excluding tert-OH is 3. The van der Waals surface area contributed by atoms with E-state index in [1.54, 1.807) is 33.5 Å². The summed E-state index contributed by atoms with van der Waals surface area (Å²) in [5, 5.41) is 33.5. The third kappa shape index (κ3) is 4.62. The molecule has 1 unspecified atom stereocenters. The Kier molecular flexibility index (Phi) is 7.89. The van der Waals surface area contributed by atoms with E-state index in [0.29, 0.717) is 40.5 Å². The SMILES string of the molecule is COc1cc2c(c(OC)c1OC)-c1ccc(SC)c(=O)cc1[C@@H](NC1O[C@H](CO)[C@H](O)[C@H]1O)CC2. The number of thioether (sulfide) groups is 1. The van der Waals surface area contributed by atoms with Crippen molar-refractivity contribution in [3.8, 4) is 28.4 Å². The van der Waals surface area contributed by atoms with E-state index in [2.05, 4.69) is 5.32 Å². The Bertz CT molecular complexity index is 1140. The molecule has 10 heteroatoms. The lowest BCUT2D eigenvalue weighted by molar-refractivity contribution is -0.0379. The van der Waals surface area contributed by atoms with E-state index in [9.17, 15) is 20.1 Å². The first-order valence-electron chi connectivity index (χ1n) is 11.3. The van der Waals surface area contributed by atoms with Crippen LogP contribution >= 0.6 is 11.8 Å². The predicted molar refractivity (Wildman–Crippen MR) is 132 cm³/mol. The van der Waals surface area contributed by atoms with Crippen LogP contribution in [0.3, 0.4) is 0 Å². The highest BCUT2D eigenvalue weighted by atomic mass is 32.2. The van der Waals surface area contributed by atoms with Crippen molar-refractivity contribution in [3.63, 3.8) is 0 Å². The van der Waals surface area contributed by atoms with Gasteiger partial charge in [-0.3, -0.25) is 10.1 Å². The molecule has 1 saturated heterocycles. The summed E-state index contributed by atoms with van der Waals surface area (Å²) in [5.41, 5.74) is 3.10. The van der Waals surface area contributed by atoms with E-state index < -0.39 is 37.2 Å². The lowest BCUT2D eigenvalue weighted by Crippen LogP contribution is -2.42. The molecule has 4 N–H and O–H groups in total. The molecule has 2 aromatic rings. The minimum atomic E-state index is -1.23. The number of benzene rings is 1. The quantitative estimate of drug-likeness (QED) is 0.411. The number of aliphatic hydroxyl groups is 3. The highest BCUT2D eigenvalue weighted by Gasteiger charge is 2.43. The lowest BCUT2D eigenvalue weighted by Gasteiger charge is -2.25. The summed E-state index contributed by atoms with van der Waals surface area (Å²) < 4.78 is 22.7. The Balaban J connectivity index is 1.90. The molecule has 0 saturated carbocycles. The zero-order valence-corrected chi connectivity index (χ0v) is 20.9. The Morgan fingerprint density at radius 2 is 1.83 bits per heavy atom. The second-order valence-electron chi connectivity index (χ2n) is 8.48. The number of aryl methyl sites for hydroxylation is 1. The molecule has 1 fully saturated rings. The van der Waals surface area contributed by atoms with E-state index in [4.69, 9.17) is 18.9 Å². The van der Waals surface area contributed by atoms with Gasteiger partial charge in [0.2, 0.25) is 5.75 Å². The maximum absolute atomic E-state index is 13.0. The van der Waals surface area contributed by atoms with Crippen LogP contribution in [0.4, 0.5) is 0 Å². The molecule has 2 aliphatic rings. The van der Waals surface area contributed by atoms with Crippen molar-refractivity contribution in [2.75, 3.05) is 34.2 Å². The largest absolute Gasteiger partial charge is 0.493 e. The summed E-state index contributed by atoms with van der Waals surface area (Å²) >= 11 is 1.36. The average Bonchev–Trinajstić information content (AvgIpc) is 2.98. The van der Waals surface area contributed by atoms with Gasteiger partial charge in [0, 0.05) is 11.6 Å². The van der Waals surface area contributed by atoms with Gasteiger partial charge in [0.25, 0.3) is 0 Å². The first kappa shape index (κ1) is 25.7. The van der Waals surface area contributed by atoms with Crippen molar-refractivity contribution < 1.29 is 34.3 Å². The van der Waals surface area contributed by atoms with E-state index in [1.165, 1.54) is 11.8 Å². The normalized spacial score (nSPS) is 25.4. The van der Waals surface area contributed by atoms with Crippen LogP contribution in [0.5, 0.6) is 17.2 Å². The molecule has 35 heavy (non-hydrogen) atoms. The number of rotatable bonds is 7. The highest BCUT2D eigenvalue weighted by molar-refractivity contribution is 7.98. The molecule has 0 bridgehead atoms. The Hall–Kier alpha value is -2.34. The van der Waals surface area contributed by atoms with E-state index >= 15 is 0 Å². The van der Waals surface area contributed by atoms with Gasteiger partial charge in [-0.15, -0.1) is 11.8 Å². The molecule has 0 radical (unpaired) electrons. The molecule has 190 valence electrons. The molecule has 0 spiro atoms. The van der Waals surface area contributed by atoms with Gasteiger partial charge >= 0.3 is 0 Å².